The minimum absolute atomic E-state index is 0.0417. The lowest BCUT2D eigenvalue weighted by Crippen LogP contribution is -2.41. The average molecular weight is 480 g/mol. The highest BCUT2D eigenvalue weighted by Crippen LogP contribution is 2.35. The van der Waals surface area contributed by atoms with Crippen molar-refractivity contribution in [1.29, 1.82) is 0 Å². The molecular formula is C14H33N4O12P. The van der Waals surface area contributed by atoms with Gasteiger partial charge in [-0.1, -0.05) is 6.92 Å². The Labute approximate surface area is 178 Å². The normalized spacial score (nSPS) is 12.3. The predicted molar refractivity (Wildman–Crippen MR) is 107 cm³/mol. The first-order valence-electron chi connectivity index (χ1n) is 8.28. The molecule has 16 nitrogen and oxygen atoms in total. The van der Waals surface area contributed by atoms with Crippen molar-refractivity contribution in [3.05, 3.63) is 0 Å². The number of carboxylic acid groups (broad SMARTS) is 4. The van der Waals surface area contributed by atoms with Gasteiger partial charge in [-0.25, -0.2) is 4.57 Å². The first kappa shape index (κ1) is 36.2. The Kier molecular flexibility index (Phi) is 21.7. The molecule has 0 saturated heterocycles. The highest BCUT2D eigenvalue weighted by Gasteiger charge is 2.20. The standard InChI is InChI=1S/2C4H9NO2.C3H8NO6P.C3H7NO2/c1-4(2,5)3(6)7;1-2-3(5)4(6)7;4-2(3(5)6)1-10-11(7,8)9;1-4-2-3(5)6/h5H2,1-2H3,(H,6,7);3H,2,5H2,1H3,(H,6,7);2H,1,4H2,(H,5,6)(H2,7,8,9);4H,2H2,1H3,(H,5,6)/t;;2-;/m..0./s1. The van der Waals surface area contributed by atoms with E-state index in [2.05, 4.69) is 9.84 Å². The Hall–Kier alpha value is -2.17. The molecule has 0 aromatic heterocycles. The van der Waals surface area contributed by atoms with E-state index in [1.807, 2.05) is 0 Å². The van der Waals surface area contributed by atoms with Crippen molar-refractivity contribution < 1.29 is 58.5 Å². The molecule has 0 fully saturated rings. The summed E-state index contributed by atoms with van der Waals surface area (Å²) in [5.41, 5.74) is 13.9. The summed E-state index contributed by atoms with van der Waals surface area (Å²) in [4.78, 5) is 55.4. The molecule has 0 aliphatic rings. The van der Waals surface area contributed by atoms with Crippen LogP contribution in [0.15, 0.2) is 0 Å². The van der Waals surface area contributed by atoms with Crippen LogP contribution in [0.5, 0.6) is 0 Å². The van der Waals surface area contributed by atoms with Crippen molar-refractivity contribution in [2.45, 2.75) is 44.8 Å². The maximum absolute atomic E-state index is 9.98. The summed E-state index contributed by atoms with van der Waals surface area (Å²) in [6.07, 6.45) is 0.495. The van der Waals surface area contributed by atoms with Gasteiger partial charge in [0.1, 0.15) is 17.6 Å². The van der Waals surface area contributed by atoms with Gasteiger partial charge in [0.25, 0.3) is 0 Å². The molecule has 2 atom stereocenters. The fourth-order valence-electron chi connectivity index (χ4n) is 0.575. The highest BCUT2D eigenvalue weighted by molar-refractivity contribution is 7.46. The first-order valence-corrected chi connectivity index (χ1v) is 9.81. The van der Waals surface area contributed by atoms with Crippen LogP contribution in [0.25, 0.3) is 0 Å². The summed E-state index contributed by atoms with van der Waals surface area (Å²) in [5, 5.41) is 34.6. The number of likely N-dealkylation sites (N-methyl/N-ethyl adjacent to an activating group) is 1. The van der Waals surface area contributed by atoms with Gasteiger partial charge in [0.15, 0.2) is 0 Å². The molecule has 17 heteroatoms. The van der Waals surface area contributed by atoms with E-state index in [4.69, 9.17) is 47.4 Å². The second-order valence-corrected chi connectivity index (χ2v) is 7.27. The largest absolute Gasteiger partial charge is 0.480 e. The van der Waals surface area contributed by atoms with Gasteiger partial charge in [0.05, 0.1) is 13.2 Å². The topological polar surface area (TPSA) is 306 Å². The number of phosphoric acid groups is 1. The van der Waals surface area contributed by atoms with Crippen molar-refractivity contribution in [2.75, 3.05) is 20.2 Å². The summed E-state index contributed by atoms with van der Waals surface area (Å²) in [6, 6.07) is -2.09. The number of rotatable bonds is 9. The lowest BCUT2D eigenvalue weighted by Gasteiger charge is -2.09. The van der Waals surface area contributed by atoms with Crippen LogP contribution in [-0.2, 0) is 28.3 Å². The molecular weight excluding hydrogens is 447 g/mol. The van der Waals surface area contributed by atoms with E-state index >= 15 is 0 Å². The van der Waals surface area contributed by atoms with Crippen LogP contribution in [0, 0.1) is 0 Å². The van der Waals surface area contributed by atoms with E-state index in [0.29, 0.717) is 6.42 Å². The van der Waals surface area contributed by atoms with Crippen LogP contribution in [0.1, 0.15) is 27.2 Å². The lowest BCUT2D eigenvalue weighted by atomic mass is 10.1. The summed E-state index contributed by atoms with van der Waals surface area (Å²) < 4.78 is 13.8. The van der Waals surface area contributed by atoms with Crippen LogP contribution in [0.4, 0.5) is 0 Å². The maximum Gasteiger partial charge on any atom is 0.469 e. The van der Waals surface area contributed by atoms with Gasteiger partial charge in [-0.15, -0.1) is 0 Å². The van der Waals surface area contributed by atoms with Gasteiger partial charge in [-0.05, 0) is 27.3 Å². The molecule has 186 valence electrons. The fourth-order valence-corrected chi connectivity index (χ4v) is 0.929. The maximum atomic E-state index is 9.98. The SMILES string of the molecule is CC(C)(N)C(=O)O.CCC(N)C(=O)O.CNCC(=O)O.N[C@@H](COP(=O)(O)O)C(=O)O. The van der Waals surface area contributed by atoms with Gasteiger partial charge in [-0.3, -0.25) is 23.7 Å². The molecule has 0 radical (unpaired) electrons. The fraction of sp³-hybridized carbons (Fsp3) is 0.714. The zero-order valence-electron chi connectivity index (χ0n) is 17.6. The van der Waals surface area contributed by atoms with Crippen molar-refractivity contribution in [2.24, 2.45) is 17.2 Å². The molecule has 0 saturated carbocycles. The van der Waals surface area contributed by atoms with Crippen LogP contribution >= 0.6 is 7.82 Å². The Morgan fingerprint density at radius 1 is 1.00 bits per heavy atom. The number of aliphatic carboxylic acids is 4. The second kappa shape index (κ2) is 18.6. The van der Waals surface area contributed by atoms with Crippen molar-refractivity contribution in [3.63, 3.8) is 0 Å². The molecule has 0 aromatic carbocycles. The number of phosphoric ester groups is 1. The molecule has 1 unspecified atom stereocenters. The minimum Gasteiger partial charge on any atom is -0.480 e. The van der Waals surface area contributed by atoms with Gasteiger partial charge in [0, 0.05) is 0 Å². The van der Waals surface area contributed by atoms with E-state index < -0.39 is 55.9 Å². The smallest absolute Gasteiger partial charge is 0.469 e. The van der Waals surface area contributed by atoms with E-state index in [9.17, 15) is 23.7 Å². The molecule has 13 N–H and O–H groups in total. The second-order valence-electron chi connectivity index (χ2n) is 6.03. The van der Waals surface area contributed by atoms with Gasteiger partial charge < -0.3 is 52.7 Å². The number of carboxylic acids is 4. The van der Waals surface area contributed by atoms with E-state index in [0.717, 1.165) is 0 Å². The van der Waals surface area contributed by atoms with E-state index in [-0.39, 0.29) is 6.54 Å². The number of hydrogen-bond donors (Lipinski definition) is 10. The zero-order valence-corrected chi connectivity index (χ0v) is 18.5. The Morgan fingerprint density at radius 3 is 1.45 bits per heavy atom. The molecule has 31 heavy (non-hydrogen) atoms. The monoisotopic (exact) mass is 480 g/mol. The molecule has 0 aliphatic heterocycles. The molecule has 0 rings (SSSR count). The summed E-state index contributed by atoms with van der Waals surface area (Å²) in [7, 11) is -3.01. The Bertz CT molecular complexity index is 590. The van der Waals surface area contributed by atoms with Crippen molar-refractivity contribution >= 4 is 31.7 Å². The van der Waals surface area contributed by atoms with E-state index in [1.54, 1.807) is 14.0 Å². The Morgan fingerprint density at radius 2 is 1.35 bits per heavy atom. The molecule has 0 spiro atoms. The number of nitrogens with one attached hydrogen (secondary N) is 1. The van der Waals surface area contributed by atoms with Gasteiger partial charge in [0.2, 0.25) is 0 Å². The third-order valence-electron chi connectivity index (χ3n) is 2.38. The van der Waals surface area contributed by atoms with Crippen molar-refractivity contribution in [3.8, 4) is 0 Å². The minimum atomic E-state index is -4.60. The van der Waals surface area contributed by atoms with Gasteiger partial charge >= 0.3 is 31.7 Å². The van der Waals surface area contributed by atoms with E-state index in [1.165, 1.54) is 13.8 Å². The number of nitrogens with two attached hydrogens (primary N) is 3. The highest BCUT2D eigenvalue weighted by atomic mass is 31.2. The number of carbonyl (C=O) groups is 4. The summed E-state index contributed by atoms with van der Waals surface area (Å²) in [6.45, 7) is 3.95. The summed E-state index contributed by atoms with van der Waals surface area (Å²) >= 11 is 0. The third kappa shape index (κ3) is 35.6. The van der Waals surface area contributed by atoms with Crippen LogP contribution in [0.3, 0.4) is 0 Å². The zero-order chi connectivity index (χ0) is 26.0. The van der Waals surface area contributed by atoms with Crippen LogP contribution in [0.2, 0.25) is 0 Å². The molecule has 0 bridgehead atoms. The van der Waals surface area contributed by atoms with Gasteiger partial charge in [-0.2, -0.15) is 0 Å². The molecule has 0 amide bonds. The molecule has 0 aromatic rings. The quantitative estimate of drug-likeness (QED) is 0.151. The Balaban J connectivity index is -0.000000162. The third-order valence-corrected chi connectivity index (χ3v) is 2.86. The van der Waals surface area contributed by atoms with Crippen molar-refractivity contribution in [1.82, 2.24) is 5.32 Å². The van der Waals surface area contributed by atoms with Crippen LogP contribution < -0.4 is 22.5 Å². The number of hydrogen-bond acceptors (Lipinski definition) is 10. The molecule has 0 heterocycles. The van der Waals surface area contributed by atoms with Crippen LogP contribution in [-0.4, -0.2) is 91.9 Å². The lowest BCUT2D eigenvalue weighted by molar-refractivity contribution is -0.142. The first-order chi connectivity index (χ1) is 13.7. The molecule has 0 aliphatic carbocycles. The summed E-state index contributed by atoms with van der Waals surface area (Å²) in [5.74, 6) is -4.11. The average Bonchev–Trinajstić information content (AvgIpc) is 2.58. The predicted octanol–water partition coefficient (Wildman–Crippen LogP) is -2.59.